The molecular weight excluding hydrogens is 232 g/mol. The molecule has 3 heteroatoms. The van der Waals surface area contributed by atoms with Crippen LogP contribution in [0, 0.1) is 0 Å². The molecule has 0 N–H and O–H groups in total. The topological polar surface area (TPSA) is 34.1 Å². The van der Waals surface area contributed by atoms with Gasteiger partial charge in [-0.2, -0.15) is 0 Å². The Bertz CT molecular complexity index is 480. The number of rotatable bonds is 2. The third-order valence-electron chi connectivity index (χ3n) is 3.67. The van der Waals surface area contributed by atoms with Crippen molar-refractivity contribution in [1.29, 1.82) is 0 Å². The highest BCUT2D eigenvalue weighted by molar-refractivity contribution is 7.94. The predicted molar refractivity (Wildman–Crippen MR) is 71.5 cm³/mol. The van der Waals surface area contributed by atoms with Crippen molar-refractivity contribution in [3.8, 4) is 0 Å². The Labute approximate surface area is 103 Å². The summed E-state index contributed by atoms with van der Waals surface area (Å²) in [5.74, 6) is 0. The number of hydrogen-bond acceptors (Lipinski definition) is 2. The van der Waals surface area contributed by atoms with Gasteiger partial charge in [-0.15, -0.1) is 0 Å². The predicted octanol–water partition coefficient (Wildman–Crippen LogP) is 2.95. The van der Waals surface area contributed by atoms with Gasteiger partial charge >= 0.3 is 0 Å². The van der Waals surface area contributed by atoms with Crippen molar-refractivity contribution < 1.29 is 8.42 Å². The number of sulfone groups is 1. The van der Waals surface area contributed by atoms with E-state index in [0.717, 1.165) is 0 Å². The smallest absolute Gasteiger partial charge is 0.168 e. The van der Waals surface area contributed by atoms with Crippen LogP contribution in [0.1, 0.15) is 26.7 Å². The Morgan fingerprint density at radius 3 is 1.53 bits per heavy atom. The number of allylic oxidation sites excluding steroid dienone is 6. The summed E-state index contributed by atoms with van der Waals surface area (Å²) >= 11 is 0. The van der Waals surface area contributed by atoms with Crippen LogP contribution in [-0.4, -0.2) is 17.9 Å². The highest BCUT2D eigenvalue weighted by atomic mass is 32.2. The van der Waals surface area contributed by atoms with Gasteiger partial charge in [0.2, 0.25) is 0 Å². The van der Waals surface area contributed by atoms with Crippen molar-refractivity contribution in [2.45, 2.75) is 36.2 Å². The van der Waals surface area contributed by atoms with Gasteiger partial charge in [0.15, 0.2) is 9.84 Å². The fourth-order valence-electron chi connectivity index (χ4n) is 2.35. The van der Waals surface area contributed by atoms with E-state index in [9.17, 15) is 8.42 Å². The summed E-state index contributed by atoms with van der Waals surface area (Å²) in [7, 11) is -3.26. The third kappa shape index (κ3) is 1.82. The lowest BCUT2D eigenvalue weighted by Crippen LogP contribution is -2.47. The third-order valence-corrected chi connectivity index (χ3v) is 6.73. The first kappa shape index (κ1) is 12.4. The molecule has 0 spiro atoms. The largest absolute Gasteiger partial charge is 0.227 e. The van der Waals surface area contributed by atoms with E-state index in [-0.39, 0.29) is 0 Å². The van der Waals surface area contributed by atoms with Gasteiger partial charge in [0, 0.05) is 0 Å². The second kappa shape index (κ2) is 3.98. The average molecular weight is 250 g/mol. The van der Waals surface area contributed by atoms with E-state index in [1.165, 1.54) is 0 Å². The zero-order valence-corrected chi connectivity index (χ0v) is 11.1. The average Bonchev–Trinajstić information content (AvgIpc) is 2.30. The molecule has 0 fully saturated rings. The Morgan fingerprint density at radius 1 is 0.824 bits per heavy atom. The van der Waals surface area contributed by atoms with E-state index < -0.39 is 19.3 Å². The maximum atomic E-state index is 12.8. The summed E-state index contributed by atoms with van der Waals surface area (Å²) in [4.78, 5) is 0. The lowest BCUT2D eigenvalue weighted by atomic mass is 10.0. The minimum Gasteiger partial charge on any atom is -0.227 e. The molecule has 2 nitrogen and oxygen atoms in total. The standard InChI is InChI=1S/C14H18O2S/c1-13(9-5-3-6-10-13)17(15,16)14(2)11-7-4-8-12-14/h3-9,11H,10,12H2,1-2H3. The van der Waals surface area contributed by atoms with E-state index in [2.05, 4.69) is 0 Å². The Kier molecular flexibility index (Phi) is 2.90. The van der Waals surface area contributed by atoms with E-state index in [4.69, 9.17) is 0 Å². The molecular formula is C14H18O2S. The van der Waals surface area contributed by atoms with Crippen LogP contribution in [0.3, 0.4) is 0 Å². The van der Waals surface area contributed by atoms with Crippen molar-refractivity contribution in [3.63, 3.8) is 0 Å². The molecule has 0 aromatic heterocycles. The molecule has 2 rings (SSSR count). The summed E-state index contributed by atoms with van der Waals surface area (Å²) < 4.78 is 24.1. The van der Waals surface area contributed by atoms with Crippen molar-refractivity contribution in [2.75, 3.05) is 0 Å². The zero-order valence-electron chi connectivity index (χ0n) is 10.3. The lowest BCUT2D eigenvalue weighted by Gasteiger charge is -2.37. The Morgan fingerprint density at radius 2 is 1.24 bits per heavy atom. The molecule has 0 bridgehead atoms. The van der Waals surface area contributed by atoms with Gasteiger partial charge in [0.1, 0.15) is 0 Å². The molecule has 0 aromatic carbocycles. The molecule has 2 unspecified atom stereocenters. The van der Waals surface area contributed by atoms with E-state index in [1.807, 2.05) is 36.5 Å². The lowest BCUT2D eigenvalue weighted by molar-refractivity contribution is 0.529. The first-order valence-corrected chi connectivity index (χ1v) is 7.33. The molecule has 0 saturated heterocycles. The molecule has 2 aliphatic rings. The highest BCUT2D eigenvalue weighted by Gasteiger charge is 2.48. The van der Waals surface area contributed by atoms with Gasteiger partial charge in [-0.3, -0.25) is 0 Å². The molecule has 0 saturated carbocycles. The Hall–Kier alpha value is -1.09. The first-order chi connectivity index (χ1) is 7.91. The van der Waals surface area contributed by atoms with Crippen molar-refractivity contribution in [1.82, 2.24) is 0 Å². The van der Waals surface area contributed by atoms with Crippen LogP contribution in [0.25, 0.3) is 0 Å². The molecule has 2 atom stereocenters. The summed E-state index contributed by atoms with van der Waals surface area (Å²) in [5, 5.41) is 0. The van der Waals surface area contributed by atoms with Gasteiger partial charge in [0.25, 0.3) is 0 Å². The molecule has 0 heterocycles. The minimum absolute atomic E-state index is 0.555. The van der Waals surface area contributed by atoms with E-state index in [1.54, 1.807) is 26.0 Å². The summed E-state index contributed by atoms with van der Waals surface area (Å²) in [6.07, 6.45) is 16.0. The minimum atomic E-state index is -3.26. The van der Waals surface area contributed by atoms with Crippen LogP contribution in [0.4, 0.5) is 0 Å². The summed E-state index contributed by atoms with van der Waals surface area (Å²) in [5.41, 5.74) is 0. The summed E-state index contributed by atoms with van der Waals surface area (Å²) in [6.45, 7) is 3.61. The quantitative estimate of drug-likeness (QED) is 0.755. The molecule has 92 valence electrons. The van der Waals surface area contributed by atoms with Crippen LogP contribution in [-0.2, 0) is 9.84 Å². The zero-order chi connectivity index (χ0) is 12.6. The van der Waals surface area contributed by atoms with Crippen LogP contribution in [0.15, 0.2) is 48.6 Å². The van der Waals surface area contributed by atoms with Crippen molar-refractivity contribution in [3.05, 3.63) is 48.6 Å². The van der Waals surface area contributed by atoms with Crippen LogP contribution in [0.5, 0.6) is 0 Å². The number of hydrogen-bond donors (Lipinski definition) is 0. The van der Waals surface area contributed by atoms with Crippen LogP contribution < -0.4 is 0 Å². The monoisotopic (exact) mass is 250 g/mol. The van der Waals surface area contributed by atoms with Gasteiger partial charge in [0.05, 0.1) is 9.49 Å². The highest BCUT2D eigenvalue weighted by Crippen LogP contribution is 2.39. The SMILES string of the molecule is CC1(S(=O)(=O)C2(C)C=CC=CC2)C=CC=CC1. The maximum Gasteiger partial charge on any atom is 0.168 e. The van der Waals surface area contributed by atoms with E-state index in [0.29, 0.717) is 12.8 Å². The molecule has 0 aromatic rings. The van der Waals surface area contributed by atoms with Gasteiger partial charge in [-0.1, -0.05) is 48.6 Å². The molecule has 0 radical (unpaired) electrons. The van der Waals surface area contributed by atoms with Gasteiger partial charge in [-0.25, -0.2) is 8.42 Å². The fraction of sp³-hybridized carbons (Fsp3) is 0.429. The normalized spacial score (nSPS) is 36.4. The molecule has 17 heavy (non-hydrogen) atoms. The van der Waals surface area contributed by atoms with E-state index >= 15 is 0 Å². The summed E-state index contributed by atoms with van der Waals surface area (Å²) in [6, 6.07) is 0. The molecule has 0 aliphatic heterocycles. The second-order valence-electron chi connectivity index (χ2n) is 5.11. The van der Waals surface area contributed by atoms with Gasteiger partial charge < -0.3 is 0 Å². The molecule has 0 amide bonds. The van der Waals surface area contributed by atoms with Crippen molar-refractivity contribution in [2.24, 2.45) is 0 Å². The van der Waals surface area contributed by atoms with Crippen molar-refractivity contribution >= 4 is 9.84 Å². The van der Waals surface area contributed by atoms with Crippen LogP contribution >= 0.6 is 0 Å². The first-order valence-electron chi connectivity index (χ1n) is 5.84. The fourth-order valence-corrected chi connectivity index (χ4v) is 4.56. The van der Waals surface area contributed by atoms with Gasteiger partial charge in [-0.05, 0) is 26.7 Å². The molecule has 2 aliphatic carbocycles. The Balaban J connectivity index is 2.43. The maximum absolute atomic E-state index is 12.8. The second-order valence-corrected chi connectivity index (χ2v) is 7.98. The van der Waals surface area contributed by atoms with Crippen LogP contribution in [0.2, 0.25) is 0 Å².